The van der Waals surface area contributed by atoms with Crippen LogP contribution in [0.25, 0.3) is 0 Å². The number of hydrogen-bond donors (Lipinski definition) is 0. The zero-order valence-corrected chi connectivity index (χ0v) is 16.5. The van der Waals surface area contributed by atoms with E-state index in [0.717, 1.165) is 5.54 Å². The maximum absolute atomic E-state index is 7.00. The first-order valence-electron chi connectivity index (χ1n) is 7.17. The van der Waals surface area contributed by atoms with Crippen molar-refractivity contribution in [1.82, 2.24) is 0 Å². The van der Waals surface area contributed by atoms with Gasteiger partial charge in [0.1, 0.15) is 0 Å². The molecule has 4 heteroatoms. The zero-order valence-electron chi connectivity index (χ0n) is 12.7. The van der Waals surface area contributed by atoms with Crippen molar-refractivity contribution in [2.45, 2.75) is 63.3 Å². The summed E-state index contributed by atoms with van der Waals surface area (Å²) >= 11 is 7.00. The van der Waals surface area contributed by atoms with Crippen LogP contribution in [0, 0.1) is 0 Å². The van der Waals surface area contributed by atoms with Gasteiger partial charge in [0.25, 0.3) is 0 Å². The fourth-order valence-electron chi connectivity index (χ4n) is 2.94. The molecule has 2 aliphatic rings. The molecule has 0 aromatic heterocycles. The number of hydrogen-bond acceptors (Lipinski definition) is 0. The minimum absolute atomic E-state index is 0.740. The molecule has 1 heterocycles. The van der Waals surface area contributed by atoms with Gasteiger partial charge in [0.05, 0.1) is 16.1 Å². The summed E-state index contributed by atoms with van der Waals surface area (Å²) in [6.45, 7) is 14.9. The molecule has 1 aliphatic heterocycles. The smallest absolute Gasteiger partial charge is 0.161 e. The van der Waals surface area contributed by atoms with Crippen molar-refractivity contribution in [3.05, 3.63) is 22.5 Å². The monoisotopic (exact) mass is 314 g/mol. The van der Waals surface area contributed by atoms with E-state index >= 15 is 0 Å². The van der Waals surface area contributed by atoms with E-state index in [0.29, 0.717) is 0 Å². The van der Waals surface area contributed by atoms with Crippen LogP contribution in [0.3, 0.4) is 0 Å². The molecule has 102 valence electrons. The van der Waals surface area contributed by atoms with Crippen LogP contribution < -0.4 is 0 Å². The van der Waals surface area contributed by atoms with Gasteiger partial charge in [-0.15, -0.1) is 0 Å². The Morgan fingerprint density at radius 3 is 2.00 bits per heavy atom. The Labute approximate surface area is 120 Å². The summed E-state index contributed by atoms with van der Waals surface area (Å²) in [6, 6.07) is 2.66. The van der Waals surface area contributed by atoms with Gasteiger partial charge in [-0.3, -0.25) is 0 Å². The van der Waals surface area contributed by atoms with E-state index in [-0.39, 0.29) is 0 Å². The fourth-order valence-corrected chi connectivity index (χ4v) is 12.5. The van der Waals surface area contributed by atoms with Crippen LogP contribution in [0.4, 0.5) is 0 Å². The van der Waals surface area contributed by atoms with Crippen LogP contribution >= 0.6 is 11.1 Å². The first-order valence-corrected chi connectivity index (χ1v) is 17.7. The Morgan fingerprint density at radius 2 is 1.67 bits per heavy atom. The highest BCUT2D eigenvalue weighted by atomic mass is 35.6. The van der Waals surface area contributed by atoms with Crippen molar-refractivity contribution in [2.75, 3.05) is 0 Å². The van der Waals surface area contributed by atoms with E-state index in [9.17, 15) is 0 Å². The molecule has 1 aliphatic carbocycles. The lowest BCUT2D eigenvalue weighted by Gasteiger charge is -2.40. The topological polar surface area (TPSA) is 0 Å². The summed E-state index contributed by atoms with van der Waals surface area (Å²) in [5.74, 6) is 0. The lowest BCUT2D eigenvalue weighted by atomic mass is 10.4. The maximum atomic E-state index is 7.00. The van der Waals surface area contributed by atoms with Gasteiger partial charge in [-0.05, 0) is 17.6 Å². The maximum Gasteiger partial charge on any atom is 0.183 e. The Morgan fingerprint density at radius 1 is 1.11 bits per heavy atom. The second-order valence-electron chi connectivity index (χ2n) is 8.13. The molecule has 0 spiro atoms. The SMILES string of the molecule is C[Si](C)(C)C1=CC([Si](C)(C)C)C([Si]2(Cl)CCC2)=C1. The lowest BCUT2D eigenvalue weighted by Crippen LogP contribution is -2.43. The molecule has 1 atom stereocenters. The van der Waals surface area contributed by atoms with Gasteiger partial charge in [0.2, 0.25) is 0 Å². The summed E-state index contributed by atoms with van der Waals surface area (Å²) < 4.78 is 0. The van der Waals surface area contributed by atoms with E-state index in [1.54, 1.807) is 10.4 Å². The van der Waals surface area contributed by atoms with E-state index in [1.165, 1.54) is 18.5 Å². The molecule has 0 amide bonds. The van der Waals surface area contributed by atoms with Gasteiger partial charge in [-0.2, -0.15) is 11.1 Å². The van der Waals surface area contributed by atoms with Gasteiger partial charge in [0, 0.05) is 0 Å². The number of allylic oxidation sites excluding steroid dienone is 4. The van der Waals surface area contributed by atoms with Gasteiger partial charge in [-0.25, -0.2) is 0 Å². The molecule has 1 unspecified atom stereocenters. The first-order chi connectivity index (χ1) is 8.04. The molecule has 0 radical (unpaired) electrons. The molecule has 0 aromatic carbocycles. The Kier molecular flexibility index (Phi) is 3.68. The van der Waals surface area contributed by atoms with E-state index in [2.05, 4.69) is 51.4 Å². The van der Waals surface area contributed by atoms with Crippen molar-refractivity contribution >= 4 is 34.6 Å². The molecular formula is C14H27ClSi3. The average molecular weight is 315 g/mol. The van der Waals surface area contributed by atoms with Gasteiger partial charge in [0.15, 0.2) is 7.38 Å². The summed E-state index contributed by atoms with van der Waals surface area (Å²) in [6.07, 6.45) is 6.56. The summed E-state index contributed by atoms with van der Waals surface area (Å²) in [5.41, 5.74) is 0.740. The Hall–Kier alpha value is 0.421. The van der Waals surface area contributed by atoms with E-state index in [4.69, 9.17) is 11.1 Å². The van der Waals surface area contributed by atoms with Crippen LogP contribution in [0.5, 0.6) is 0 Å². The molecule has 0 bridgehead atoms. The quantitative estimate of drug-likeness (QED) is 0.472. The molecule has 0 aromatic rings. The summed E-state index contributed by atoms with van der Waals surface area (Å²) in [5, 5.41) is 3.39. The van der Waals surface area contributed by atoms with Crippen molar-refractivity contribution in [2.24, 2.45) is 0 Å². The molecule has 0 nitrogen and oxygen atoms in total. The third-order valence-electron chi connectivity index (χ3n) is 4.45. The van der Waals surface area contributed by atoms with Crippen LogP contribution in [0.1, 0.15) is 6.42 Å². The van der Waals surface area contributed by atoms with Gasteiger partial charge >= 0.3 is 0 Å². The Bertz CT molecular complexity index is 406. The largest absolute Gasteiger partial charge is 0.183 e. The second kappa shape index (κ2) is 4.47. The second-order valence-corrected chi connectivity index (χ2v) is 24.2. The third-order valence-corrected chi connectivity index (χ3v) is 14.7. The van der Waals surface area contributed by atoms with Crippen LogP contribution in [0.15, 0.2) is 22.5 Å². The molecule has 0 N–H and O–H groups in total. The van der Waals surface area contributed by atoms with Crippen molar-refractivity contribution in [3.63, 3.8) is 0 Å². The minimum atomic E-state index is -1.52. The Balaban J connectivity index is 2.38. The van der Waals surface area contributed by atoms with Gasteiger partial charge < -0.3 is 0 Å². The molecular weight excluding hydrogens is 288 g/mol. The normalized spacial score (nSPS) is 27.6. The molecule has 1 fully saturated rings. The highest BCUT2D eigenvalue weighted by Crippen LogP contribution is 2.52. The predicted molar refractivity (Wildman–Crippen MR) is 92.4 cm³/mol. The molecule has 2 rings (SSSR count). The van der Waals surface area contributed by atoms with Crippen molar-refractivity contribution in [3.8, 4) is 0 Å². The number of rotatable bonds is 3. The standard InChI is InChI=1S/C14H27ClSi3/c1-16(2,3)12-10-13(17(4,5)6)14(11-12)18(15)8-7-9-18/h10-11,13H,7-9H2,1-6H3. The minimum Gasteiger partial charge on any atom is -0.161 e. The average Bonchev–Trinajstić information content (AvgIpc) is 2.56. The van der Waals surface area contributed by atoms with Crippen molar-refractivity contribution in [1.29, 1.82) is 0 Å². The van der Waals surface area contributed by atoms with Gasteiger partial charge in [-0.1, -0.05) is 68.2 Å². The van der Waals surface area contributed by atoms with Crippen LogP contribution in [-0.2, 0) is 0 Å². The third kappa shape index (κ3) is 2.65. The summed E-state index contributed by atoms with van der Waals surface area (Å²) in [4.78, 5) is 0. The zero-order chi connectivity index (χ0) is 13.8. The van der Waals surface area contributed by atoms with E-state index < -0.39 is 23.5 Å². The fraction of sp³-hybridized carbons (Fsp3) is 0.714. The van der Waals surface area contributed by atoms with Crippen LogP contribution in [-0.4, -0.2) is 23.5 Å². The lowest BCUT2D eigenvalue weighted by molar-refractivity contribution is 0.922. The van der Waals surface area contributed by atoms with Crippen LogP contribution in [0.2, 0.25) is 56.9 Å². The highest BCUT2D eigenvalue weighted by Gasteiger charge is 2.48. The molecule has 0 saturated carbocycles. The highest BCUT2D eigenvalue weighted by molar-refractivity contribution is 7.26. The first kappa shape index (κ1) is 14.8. The van der Waals surface area contributed by atoms with E-state index in [1.807, 2.05) is 0 Å². The predicted octanol–water partition coefficient (Wildman–Crippen LogP) is 5.57. The summed E-state index contributed by atoms with van der Waals surface area (Å²) in [7, 11) is -3.87. The molecule has 18 heavy (non-hydrogen) atoms. The molecule has 1 saturated heterocycles. The number of halogens is 1. The van der Waals surface area contributed by atoms with Crippen molar-refractivity contribution < 1.29 is 0 Å².